The standard InChI is InChI=1S/C14H18N2/c1-3-16(4-2)13-7-8-14-11(9-13)5-6-12(14)10-15/h7-9,12H,3-6H2,1-2H3. The first kappa shape index (κ1) is 11.0. The first-order valence-electron chi connectivity index (χ1n) is 6.07. The molecule has 0 bridgehead atoms. The van der Waals surface area contributed by atoms with Gasteiger partial charge in [-0.3, -0.25) is 0 Å². The number of fused-ring (bicyclic) bond motifs is 1. The molecule has 0 fully saturated rings. The average Bonchev–Trinajstić information content (AvgIpc) is 2.73. The molecule has 1 atom stereocenters. The van der Waals surface area contributed by atoms with Crippen molar-refractivity contribution in [3.05, 3.63) is 29.3 Å². The minimum Gasteiger partial charge on any atom is -0.372 e. The Labute approximate surface area is 97.5 Å². The Bertz CT molecular complexity index is 413. The van der Waals surface area contributed by atoms with Gasteiger partial charge in [0.25, 0.3) is 0 Å². The molecule has 84 valence electrons. The van der Waals surface area contributed by atoms with Gasteiger partial charge in [0.2, 0.25) is 0 Å². The van der Waals surface area contributed by atoms with Gasteiger partial charge in [-0.25, -0.2) is 0 Å². The van der Waals surface area contributed by atoms with E-state index in [-0.39, 0.29) is 5.92 Å². The molecule has 1 aliphatic rings. The van der Waals surface area contributed by atoms with Gasteiger partial charge in [-0.2, -0.15) is 5.26 Å². The van der Waals surface area contributed by atoms with Gasteiger partial charge in [0.15, 0.2) is 0 Å². The molecule has 1 aliphatic carbocycles. The zero-order valence-electron chi connectivity index (χ0n) is 10.0. The molecule has 2 rings (SSSR count). The van der Waals surface area contributed by atoms with Crippen molar-refractivity contribution in [2.24, 2.45) is 0 Å². The average molecular weight is 214 g/mol. The summed E-state index contributed by atoms with van der Waals surface area (Å²) in [5, 5.41) is 9.02. The molecular formula is C14H18N2. The highest BCUT2D eigenvalue weighted by Gasteiger charge is 2.22. The fraction of sp³-hybridized carbons (Fsp3) is 0.500. The third kappa shape index (κ3) is 1.78. The summed E-state index contributed by atoms with van der Waals surface area (Å²) in [7, 11) is 0. The first-order chi connectivity index (χ1) is 7.80. The van der Waals surface area contributed by atoms with Gasteiger partial charge in [0.1, 0.15) is 0 Å². The second-order valence-corrected chi connectivity index (χ2v) is 4.28. The van der Waals surface area contributed by atoms with E-state index in [0.29, 0.717) is 0 Å². The molecule has 2 nitrogen and oxygen atoms in total. The normalized spacial score (nSPS) is 17.9. The van der Waals surface area contributed by atoms with Crippen molar-refractivity contribution in [3.8, 4) is 6.07 Å². The monoisotopic (exact) mass is 214 g/mol. The number of aryl methyl sites for hydroxylation is 1. The van der Waals surface area contributed by atoms with Gasteiger partial charge < -0.3 is 4.90 Å². The number of nitrogens with zero attached hydrogens (tertiary/aromatic N) is 2. The van der Waals surface area contributed by atoms with Crippen LogP contribution in [-0.2, 0) is 6.42 Å². The molecular weight excluding hydrogens is 196 g/mol. The summed E-state index contributed by atoms with van der Waals surface area (Å²) >= 11 is 0. The molecule has 2 heteroatoms. The lowest BCUT2D eigenvalue weighted by Crippen LogP contribution is -2.21. The molecule has 0 radical (unpaired) electrons. The van der Waals surface area contributed by atoms with Crippen LogP contribution in [0.15, 0.2) is 18.2 Å². The Morgan fingerprint density at radius 3 is 2.75 bits per heavy atom. The van der Waals surface area contributed by atoms with Crippen molar-refractivity contribution in [2.75, 3.05) is 18.0 Å². The van der Waals surface area contributed by atoms with Gasteiger partial charge in [0.05, 0.1) is 12.0 Å². The predicted molar refractivity (Wildman–Crippen MR) is 66.7 cm³/mol. The third-order valence-electron chi connectivity index (χ3n) is 3.49. The maximum absolute atomic E-state index is 9.02. The number of benzene rings is 1. The van der Waals surface area contributed by atoms with Crippen LogP contribution in [0.1, 0.15) is 37.3 Å². The SMILES string of the molecule is CCN(CC)c1ccc2c(c1)CCC2C#N. The van der Waals surface area contributed by atoms with E-state index in [1.807, 2.05) is 0 Å². The number of hydrogen-bond acceptors (Lipinski definition) is 2. The maximum atomic E-state index is 9.02. The molecule has 0 aromatic heterocycles. The van der Waals surface area contributed by atoms with E-state index in [1.165, 1.54) is 16.8 Å². The Kier molecular flexibility index (Phi) is 3.14. The number of rotatable bonds is 3. The van der Waals surface area contributed by atoms with Crippen molar-refractivity contribution in [3.63, 3.8) is 0 Å². The lowest BCUT2D eigenvalue weighted by atomic mass is 10.0. The summed E-state index contributed by atoms with van der Waals surface area (Å²) in [5.41, 5.74) is 3.91. The zero-order chi connectivity index (χ0) is 11.5. The lowest BCUT2D eigenvalue weighted by molar-refractivity contribution is 0.825. The lowest BCUT2D eigenvalue weighted by Gasteiger charge is -2.21. The van der Waals surface area contributed by atoms with E-state index in [2.05, 4.69) is 43.0 Å². The molecule has 0 spiro atoms. The summed E-state index contributed by atoms with van der Waals surface area (Å²) < 4.78 is 0. The number of anilines is 1. The van der Waals surface area contributed by atoms with Crippen molar-refractivity contribution >= 4 is 5.69 Å². The highest BCUT2D eigenvalue weighted by molar-refractivity contribution is 5.54. The van der Waals surface area contributed by atoms with E-state index >= 15 is 0 Å². The Morgan fingerprint density at radius 2 is 2.12 bits per heavy atom. The number of nitriles is 1. The minimum absolute atomic E-state index is 0.126. The van der Waals surface area contributed by atoms with Crippen molar-refractivity contribution in [1.29, 1.82) is 5.26 Å². The van der Waals surface area contributed by atoms with Crippen LogP contribution in [0.5, 0.6) is 0 Å². The summed E-state index contributed by atoms with van der Waals surface area (Å²) in [6, 6.07) is 8.94. The minimum atomic E-state index is 0.126. The van der Waals surface area contributed by atoms with Crippen LogP contribution in [0, 0.1) is 11.3 Å². The van der Waals surface area contributed by atoms with Gasteiger partial charge >= 0.3 is 0 Å². The van der Waals surface area contributed by atoms with Crippen LogP contribution in [0.2, 0.25) is 0 Å². The highest BCUT2D eigenvalue weighted by Crippen LogP contribution is 2.34. The maximum Gasteiger partial charge on any atom is 0.0718 e. The fourth-order valence-corrected chi connectivity index (χ4v) is 2.52. The molecule has 0 heterocycles. The topological polar surface area (TPSA) is 27.0 Å². The zero-order valence-corrected chi connectivity index (χ0v) is 10.0. The van der Waals surface area contributed by atoms with Crippen molar-refractivity contribution < 1.29 is 0 Å². The van der Waals surface area contributed by atoms with Gasteiger partial charge in [-0.05, 0) is 49.9 Å². The fourth-order valence-electron chi connectivity index (χ4n) is 2.52. The molecule has 1 unspecified atom stereocenters. The highest BCUT2D eigenvalue weighted by atomic mass is 15.1. The third-order valence-corrected chi connectivity index (χ3v) is 3.49. The summed E-state index contributed by atoms with van der Waals surface area (Å²) in [4.78, 5) is 2.35. The van der Waals surface area contributed by atoms with Crippen LogP contribution >= 0.6 is 0 Å². The largest absolute Gasteiger partial charge is 0.372 e. The molecule has 1 aromatic rings. The molecule has 16 heavy (non-hydrogen) atoms. The van der Waals surface area contributed by atoms with E-state index in [4.69, 9.17) is 5.26 Å². The van der Waals surface area contributed by atoms with Gasteiger partial charge in [-0.1, -0.05) is 6.07 Å². The van der Waals surface area contributed by atoms with E-state index in [1.54, 1.807) is 0 Å². The van der Waals surface area contributed by atoms with E-state index in [0.717, 1.165) is 25.9 Å². The quantitative estimate of drug-likeness (QED) is 0.773. The molecule has 0 amide bonds. The Balaban J connectivity index is 2.31. The molecule has 0 N–H and O–H groups in total. The van der Waals surface area contributed by atoms with Crippen LogP contribution < -0.4 is 4.90 Å². The smallest absolute Gasteiger partial charge is 0.0718 e. The molecule has 1 aromatic carbocycles. The first-order valence-corrected chi connectivity index (χ1v) is 6.07. The van der Waals surface area contributed by atoms with Crippen LogP contribution in [0.25, 0.3) is 0 Å². The summed E-state index contributed by atoms with van der Waals surface area (Å²) in [5.74, 6) is 0.126. The second-order valence-electron chi connectivity index (χ2n) is 4.28. The van der Waals surface area contributed by atoms with Crippen LogP contribution in [0.4, 0.5) is 5.69 Å². The van der Waals surface area contributed by atoms with Gasteiger partial charge in [0, 0.05) is 18.8 Å². The van der Waals surface area contributed by atoms with E-state index < -0.39 is 0 Å². The second kappa shape index (κ2) is 4.57. The van der Waals surface area contributed by atoms with Crippen LogP contribution in [-0.4, -0.2) is 13.1 Å². The van der Waals surface area contributed by atoms with Crippen molar-refractivity contribution in [2.45, 2.75) is 32.6 Å². The number of hydrogen-bond donors (Lipinski definition) is 0. The van der Waals surface area contributed by atoms with Gasteiger partial charge in [-0.15, -0.1) is 0 Å². The summed E-state index contributed by atoms with van der Waals surface area (Å²) in [6.45, 7) is 6.43. The molecule has 0 saturated carbocycles. The predicted octanol–water partition coefficient (Wildman–Crippen LogP) is 3.09. The van der Waals surface area contributed by atoms with E-state index in [9.17, 15) is 0 Å². The Hall–Kier alpha value is -1.49. The van der Waals surface area contributed by atoms with Crippen LogP contribution in [0.3, 0.4) is 0 Å². The Morgan fingerprint density at radius 1 is 1.38 bits per heavy atom. The molecule has 0 aliphatic heterocycles. The molecule has 0 saturated heterocycles. The van der Waals surface area contributed by atoms with Crippen molar-refractivity contribution in [1.82, 2.24) is 0 Å². The summed E-state index contributed by atoms with van der Waals surface area (Å²) in [6.07, 6.45) is 2.05.